The number of benzene rings is 1. The van der Waals surface area contributed by atoms with E-state index in [1.807, 2.05) is 0 Å². The minimum absolute atomic E-state index is 0.238. The number of esters is 1. The van der Waals surface area contributed by atoms with E-state index in [2.05, 4.69) is 15.8 Å². The number of fused-ring (bicyclic) bond motifs is 1. The van der Waals surface area contributed by atoms with Gasteiger partial charge in [-0.3, -0.25) is 0 Å². The standard InChI is InChI=1S/C12H10N2O3S/c1-7(6-13)18-12-14-9-4-3-8(11(15)16-2)5-10(9)17-12/h3-5,7H,1-2H3/t7-/m1/s1. The van der Waals surface area contributed by atoms with Crippen LogP contribution in [0.5, 0.6) is 0 Å². The van der Waals surface area contributed by atoms with Gasteiger partial charge in [-0.2, -0.15) is 5.26 Å². The molecule has 1 atom stereocenters. The summed E-state index contributed by atoms with van der Waals surface area (Å²) < 4.78 is 10.1. The van der Waals surface area contributed by atoms with Crippen LogP contribution < -0.4 is 0 Å². The summed E-state index contributed by atoms with van der Waals surface area (Å²) in [5, 5.41) is 8.90. The number of thioether (sulfide) groups is 1. The summed E-state index contributed by atoms with van der Waals surface area (Å²) in [5.74, 6) is -0.423. The normalized spacial score (nSPS) is 12.1. The molecule has 0 aliphatic heterocycles. The fourth-order valence-electron chi connectivity index (χ4n) is 1.38. The molecule has 0 unspecified atom stereocenters. The minimum atomic E-state index is -0.423. The van der Waals surface area contributed by atoms with Crippen LogP contribution in [0.1, 0.15) is 17.3 Å². The van der Waals surface area contributed by atoms with E-state index in [4.69, 9.17) is 9.68 Å². The molecular formula is C12H10N2O3S. The number of aromatic nitrogens is 1. The predicted octanol–water partition coefficient (Wildman–Crippen LogP) is 2.62. The van der Waals surface area contributed by atoms with Crippen LogP contribution in [0.3, 0.4) is 0 Å². The number of ether oxygens (including phenoxy) is 1. The molecule has 2 aromatic rings. The fraction of sp³-hybridized carbons (Fsp3) is 0.250. The highest BCUT2D eigenvalue weighted by Crippen LogP contribution is 2.27. The molecule has 1 aromatic heterocycles. The van der Waals surface area contributed by atoms with Crippen molar-refractivity contribution in [3.05, 3.63) is 23.8 Å². The molecule has 0 bridgehead atoms. The van der Waals surface area contributed by atoms with Crippen LogP contribution in [0, 0.1) is 11.3 Å². The molecule has 0 N–H and O–H groups in total. The van der Waals surface area contributed by atoms with Crippen molar-refractivity contribution in [1.82, 2.24) is 4.98 Å². The smallest absolute Gasteiger partial charge is 0.337 e. The molecule has 92 valence electrons. The maximum absolute atomic E-state index is 11.4. The second kappa shape index (κ2) is 5.10. The first-order valence-electron chi connectivity index (χ1n) is 5.19. The van der Waals surface area contributed by atoms with Crippen LogP contribution in [0.25, 0.3) is 11.1 Å². The molecule has 0 radical (unpaired) electrons. The van der Waals surface area contributed by atoms with Crippen LogP contribution >= 0.6 is 11.8 Å². The topological polar surface area (TPSA) is 76.1 Å². The van der Waals surface area contributed by atoms with Crippen molar-refractivity contribution in [1.29, 1.82) is 5.26 Å². The molecule has 0 saturated carbocycles. The van der Waals surface area contributed by atoms with Gasteiger partial charge in [-0.15, -0.1) is 0 Å². The maximum atomic E-state index is 11.4. The number of nitriles is 1. The number of carbonyl (C=O) groups is 1. The Labute approximate surface area is 108 Å². The minimum Gasteiger partial charge on any atom is -0.465 e. The van der Waals surface area contributed by atoms with Crippen LogP contribution in [0.15, 0.2) is 27.8 Å². The van der Waals surface area contributed by atoms with Gasteiger partial charge in [-0.1, -0.05) is 0 Å². The molecular weight excluding hydrogens is 252 g/mol. The number of methoxy groups -OCH3 is 1. The van der Waals surface area contributed by atoms with Crippen LogP contribution in [0.4, 0.5) is 0 Å². The van der Waals surface area contributed by atoms with Gasteiger partial charge in [0.25, 0.3) is 5.22 Å². The Hall–Kier alpha value is -2.00. The Morgan fingerprint density at radius 1 is 1.61 bits per heavy atom. The molecule has 0 spiro atoms. The molecule has 0 aliphatic carbocycles. The summed E-state index contributed by atoms with van der Waals surface area (Å²) >= 11 is 1.23. The van der Waals surface area contributed by atoms with E-state index in [1.165, 1.54) is 18.9 Å². The zero-order chi connectivity index (χ0) is 13.1. The van der Waals surface area contributed by atoms with Gasteiger partial charge in [-0.25, -0.2) is 9.78 Å². The van der Waals surface area contributed by atoms with Crippen LogP contribution in [-0.2, 0) is 4.74 Å². The first-order valence-corrected chi connectivity index (χ1v) is 6.07. The summed E-state index contributed by atoms with van der Waals surface area (Å²) in [6, 6.07) is 6.97. The second-order valence-electron chi connectivity index (χ2n) is 3.54. The van der Waals surface area contributed by atoms with Gasteiger partial charge >= 0.3 is 5.97 Å². The van der Waals surface area contributed by atoms with Gasteiger partial charge in [0, 0.05) is 0 Å². The number of carbonyl (C=O) groups excluding carboxylic acids is 1. The summed E-state index contributed by atoms with van der Waals surface area (Å²) in [5.41, 5.74) is 1.56. The zero-order valence-electron chi connectivity index (χ0n) is 9.84. The summed E-state index contributed by atoms with van der Waals surface area (Å²) in [4.78, 5) is 15.6. The van der Waals surface area contributed by atoms with E-state index in [1.54, 1.807) is 25.1 Å². The lowest BCUT2D eigenvalue weighted by atomic mass is 10.2. The van der Waals surface area contributed by atoms with Crippen LogP contribution in [0.2, 0.25) is 0 Å². The summed E-state index contributed by atoms with van der Waals surface area (Å²) in [7, 11) is 1.32. The third-order valence-electron chi connectivity index (χ3n) is 2.25. The Balaban J connectivity index is 2.34. The average Bonchev–Trinajstić information content (AvgIpc) is 2.78. The van der Waals surface area contributed by atoms with E-state index in [0.29, 0.717) is 21.9 Å². The number of oxazole rings is 1. The number of rotatable bonds is 3. The lowest BCUT2D eigenvalue weighted by Crippen LogP contribution is -2.00. The van der Waals surface area contributed by atoms with Crippen molar-refractivity contribution in [2.75, 3.05) is 7.11 Å². The average molecular weight is 262 g/mol. The van der Waals surface area contributed by atoms with Gasteiger partial charge in [0.15, 0.2) is 5.58 Å². The quantitative estimate of drug-likeness (QED) is 0.625. The zero-order valence-corrected chi connectivity index (χ0v) is 10.7. The molecule has 1 heterocycles. The van der Waals surface area contributed by atoms with E-state index in [9.17, 15) is 4.79 Å². The van der Waals surface area contributed by atoms with Crippen molar-refractivity contribution in [2.24, 2.45) is 0 Å². The van der Waals surface area contributed by atoms with E-state index in [-0.39, 0.29) is 5.25 Å². The number of hydrogen-bond acceptors (Lipinski definition) is 6. The lowest BCUT2D eigenvalue weighted by Gasteiger charge is -1.96. The van der Waals surface area contributed by atoms with Gasteiger partial charge < -0.3 is 9.15 Å². The van der Waals surface area contributed by atoms with Gasteiger partial charge in [-0.05, 0) is 36.9 Å². The largest absolute Gasteiger partial charge is 0.465 e. The highest BCUT2D eigenvalue weighted by molar-refractivity contribution is 7.99. The van der Waals surface area contributed by atoms with Gasteiger partial charge in [0.2, 0.25) is 0 Å². The Morgan fingerprint density at radius 3 is 3.06 bits per heavy atom. The molecule has 1 aromatic carbocycles. The van der Waals surface area contributed by atoms with Gasteiger partial charge in [0.05, 0.1) is 24.0 Å². The molecule has 0 amide bonds. The molecule has 0 saturated heterocycles. The van der Waals surface area contributed by atoms with Crippen molar-refractivity contribution in [3.8, 4) is 6.07 Å². The van der Waals surface area contributed by atoms with E-state index < -0.39 is 5.97 Å². The Bertz CT molecular complexity index is 630. The second-order valence-corrected chi connectivity index (χ2v) is 4.84. The molecule has 18 heavy (non-hydrogen) atoms. The highest BCUT2D eigenvalue weighted by Gasteiger charge is 2.13. The monoisotopic (exact) mass is 262 g/mol. The lowest BCUT2D eigenvalue weighted by molar-refractivity contribution is 0.0601. The molecule has 0 aliphatic rings. The third-order valence-corrected chi connectivity index (χ3v) is 3.08. The van der Waals surface area contributed by atoms with Gasteiger partial charge in [0.1, 0.15) is 5.52 Å². The van der Waals surface area contributed by atoms with Crippen LogP contribution in [-0.4, -0.2) is 23.3 Å². The van der Waals surface area contributed by atoms with E-state index >= 15 is 0 Å². The Morgan fingerprint density at radius 2 is 2.39 bits per heavy atom. The van der Waals surface area contributed by atoms with E-state index in [0.717, 1.165) is 0 Å². The first-order chi connectivity index (χ1) is 8.63. The Kier molecular flexibility index (Phi) is 3.53. The molecule has 5 nitrogen and oxygen atoms in total. The van der Waals surface area contributed by atoms with Crippen molar-refractivity contribution < 1.29 is 13.9 Å². The number of nitrogens with zero attached hydrogens (tertiary/aromatic N) is 2. The van der Waals surface area contributed by atoms with Crippen molar-refractivity contribution in [2.45, 2.75) is 17.4 Å². The molecule has 0 fully saturated rings. The first kappa shape index (κ1) is 12.5. The SMILES string of the molecule is COC(=O)c1ccc2nc(S[C@H](C)C#N)oc2c1. The van der Waals surface area contributed by atoms with Crippen molar-refractivity contribution in [3.63, 3.8) is 0 Å². The maximum Gasteiger partial charge on any atom is 0.337 e. The summed E-state index contributed by atoms with van der Waals surface area (Å²) in [6.07, 6.45) is 0. The molecule has 6 heteroatoms. The number of hydrogen-bond donors (Lipinski definition) is 0. The summed E-state index contributed by atoms with van der Waals surface area (Å²) in [6.45, 7) is 1.76. The predicted molar refractivity (Wildman–Crippen MR) is 66.3 cm³/mol. The highest BCUT2D eigenvalue weighted by atomic mass is 32.2. The fourth-order valence-corrected chi connectivity index (χ4v) is 2.02. The third kappa shape index (κ3) is 2.46. The van der Waals surface area contributed by atoms with Crippen molar-refractivity contribution >= 4 is 28.8 Å². The molecule has 2 rings (SSSR count).